The summed E-state index contributed by atoms with van der Waals surface area (Å²) in [6, 6.07) is 18.9. The zero-order valence-electron chi connectivity index (χ0n) is 18.3. The number of benzene rings is 2. The highest BCUT2D eigenvalue weighted by atomic mass is 16.6. The SMILES string of the molecule is CC(C)(C)OC(=O)[C@H](N=C(c1ccccc1)c1ccccc1)[C@H]1CC(=O)OC2(CC2)C1. The molecular formula is C26H29NO4. The number of hydrogen-bond donors (Lipinski definition) is 0. The van der Waals surface area contributed by atoms with Gasteiger partial charge >= 0.3 is 11.9 Å². The molecule has 0 aromatic heterocycles. The zero-order valence-corrected chi connectivity index (χ0v) is 18.3. The van der Waals surface area contributed by atoms with E-state index >= 15 is 0 Å². The van der Waals surface area contributed by atoms with Crippen LogP contribution in [0.4, 0.5) is 0 Å². The van der Waals surface area contributed by atoms with Gasteiger partial charge in [-0.3, -0.25) is 9.79 Å². The smallest absolute Gasteiger partial charge is 0.331 e. The summed E-state index contributed by atoms with van der Waals surface area (Å²) in [7, 11) is 0. The maximum atomic E-state index is 13.3. The van der Waals surface area contributed by atoms with Crippen LogP contribution >= 0.6 is 0 Å². The van der Waals surface area contributed by atoms with Gasteiger partial charge in [0.1, 0.15) is 11.2 Å². The number of hydrogen-bond acceptors (Lipinski definition) is 5. The third kappa shape index (κ3) is 5.22. The van der Waals surface area contributed by atoms with Crippen LogP contribution in [-0.2, 0) is 19.1 Å². The average Bonchev–Trinajstić information content (AvgIpc) is 3.45. The molecule has 1 saturated carbocycles. The molecule has 5 nitrogen and oxygen atoms in total. The lowest BCUT2D eigenvalue weighted by atomic mass is 9.86. The molecule has 2 fully saturated rings. The van der Waals surface area contributed by atoms with E-state index in [-0.39, 0.29) is 18.3 Å². The number of aliphatic imine (C=N–C) groups is 1. The van der Waals surface area contributed by atoms with E-state index in [1.165, 1.54) is 0 Å². The predicted molar refractivity (Wildman–Crippen MR) is 119 cm³/mol. The van der Waals surface area contributed by atoms with E-state index in [2.05, 4.69) is 0 Å². The van der Waals surface area contributed by atoms with Crippen molar-refractivity contribution in [1.29, 1.82) is 0 Å². The summed E-state index contributed by atoms with van der Waals surface area (Å²) >= 11 is 0. The minimum absolute atomic E-state index is 0.173. The van der Waals surface area contributed by atoms with Crippen molar-refractivity contribution in [2.75, 3.05) is 0 Å². The predicted octanol–water partition coefficient (Wildman–Crippen LogP) is 4.72. The highest BCUT2D eigenvalue weighted by molar-refractivity contribution is 6.13. The summed E-state index contributed by atoms with van der Waals surface area (Å²) in [6.45, 7) is 5.54. The Labute approximate surface area is 183 Å². The summed E-state index contributed by atoms with van der Waals surface area (Å²) in [4.78, 5) is 30.6. The maximum Gasteiger partial charge on any atom is 0.331 e. The molecule has 1 aliphatic heterocycles. The Balaban J connectivity index is 1.77. The molecule has 0 radical (unpaired) electrons. The van der Waals surface area contributed by atoms with Crippen LogP contribution in [0.1, 0.15) is 57.6 Å². The third-order valence-electron chi connectivity index (χ3n) is 5.66. The quantitative estimate of drug-likeness (QED) is 0.520. The van der Waals surface area contributed by atoms with Crippen molar-refractivity contribution in [2.24, 2.45) is 10.9 Å². The summed E-state index contributed by atoms with van der Waals surface area (Å²) in [5.74, 6) is -0.896. The highest BCUT2D eigenvalue weighted by Crippen LogP contribution is 2.49. The van der Waals surface area contributed by atoms with Crippen LogP contribution in [0.5, 0.6) is 0 Å². The van der Waals surface area contributed by atoms with E-state index in [9.17, 15) is 9.59 Å². The molecule has 0 N–H and O–H groups in total. The molecule has 1 spiro atoms. The summed E-state index contributed by atoms with van der Waals surface area (Å²) < 4.78 is 11.3. The number of ether oxygens (including phenoxy) is 2. The van der Waals surface area contributed by atoms with Crippen LogP contribution in [0.2, 0.25) is 0 Å². The molecule has 2 aliphatic rings. The lowest BCUT2D eigenvalue weighted by Crippen LogP contribution is -2.42. The molecule has 0 bridgehead atoms. The Hall–Kier alpha value is -2.95. The molecule has 4 rings (SSSR count). The van der Waals surface area contributed by atoms with Gasteiger partial charge in [0.25, 0.3) is 0 Å². The second kappa shape index (κ2) is 8.29. The first-order valence-electron chi connectivity index (χ1n) is 10.9. The van der Waals surface area contributed by atoms with E-state index < -0.39 is 23.2 Å². The molecule has 31 heavy (non-hydrogen) atoms. The van der Waals surface area contributed by atoms with Crippen molar-refractivity contribution in [1.82, 2.24) is 0 Å². The van der Waals surface area contributed by atoms with Crippen LogP contribution < -0.4 is 0 Å². The van der Waals surface area contributed by atoms with Gasteiger partial charge in [-0.25, -0.2) is 4.79 Å². The Morgan fingerprint density at radius 3 is 2.06 bits per heavy atom. The van der Waals surface area contributed by atoms with Gasteiger partial charge in [-0.05, 0) is 40.0 Å². The molecule has 0 unspecified atom stereocenters. The number of carbonyl (C=O) groups is 2. The first kappa shape index (κ1) is 21.3. The summed E-state index contributed by atoms with van der Waals surface area (Å²) in [5, 5.41) is 0. The van der Waals surface area contributed by atoms with E-state index in [0.717, 1.165) is 29.7 Å². The molecule has 2 aromatic rings. The van der Waals surface area contributed by atoms with Gasteiger partial charge in [0.2, 0.25) is 0 Å². The average molecular weight is 420 g/mol. The summed E-state index contributed by atoms with van der Waals surface area (Å²) in [6.07, 6.45) is 2.52. The van der Waals surface area contributed by atoms with E-state index in [1.807, 2.05) is 81.4 Å². The number of esters is 2. The fourth-order valence-corrected chi connectivity index (χ4v) is 4.12. The number of nitrogens with zero attached hydrogens (tertiary/aromatic N) is 1. The normalized spacial score (nSPS) is 20.5. The monoisotopic (exact) mass is 419 g/mol. The van der Waals surface area contributed by atoms with E-state index in [1.54, 1.807) is 0 Å². The zero-order chi connectivity index (χ0) is 22.1. The summed E-state index contributed by atoms with van der Waals surface area (Å²) in [5.41, 5.74) is 1.51. The Morgan fingerprint density at radius 1 is 1.03 bits per heavy atom. The Morgan fingerprint density at radius 2 is 1.58 bits per heavy atom. The van der Waals surface area contributed by atoms with Crippen LogP contribution in [0, 0.1) is 5.92 Å². The van der Waals surface area contributed by atoms with Crippen molar-refractivity contribution in [3.63, 3.8) is 0 Å². The highest BCUT2D eigenvalue weighted by Gasteiger charge is 2.54. The Bertz CT molecular complexity index is 930. The topological polar surface area (TPSA) is 65.0 Å². The van der Waals surface area contributed by atoms with Gasteiger partial charge in [0.05, 0.1) is 12.1 Å². The molecular weight excluding hydrogens is 390 g/mol. The largest absolute Gasteiger partial charge is 0.459 e. The fourth-order valence-electron chi connectivity index (χ4n) is 4.12. The molecule has 1 saturated heterocycles. The standard InChI is InChI=1S/C26H29NO4/c1-25(2,3)31-24(29)23(20-16-21(28)30-26(17-20)14-15-26)27-22(18-10-6-4-7-11-18)19-12-8-5-9-13-19/h4-13,20,23H,14-17H2,1-3H3/t20-,23+/m0/s1. The van der Waals surface area contributed by atoms with Crippen molar-refractivity contribution in [3.8, 4) is 0 Å². The van der Waals surface area contributed by atoms with Crippen LogP contribution in [0.25, 0.3) is 0 Å². The van der Waals surface area contributed by atoms with Crippen molar-refractivity contribution < 1.29 is 19.1 Å². The molecule has 2 atom stereocenters. The third-order valence-corrected chi connectivity index (χ3v) is 5.66. The lowest BCUT2D eigenvalue weighted by molar-refractivity contribution is -0.165. The van der Waals surface area contributed by atoms with Gasteiger partial charge in [-0.2, -0.15) is 0 Å². The molecule has 162 valence electrons. The van der Waals surface area contributed by atoms with E-state index in [4.69, 9.17) is 14.5 Å². The van der Waals surface area contributed by atoms with E-state index in [0.29, 0.717) is 6.42 Å². The minimum atomic E-state index is -0.778. The lowest BCUT2D eigenvalue weighted by Gasteiger charge is -2.33. The van der Waals surface area contributed by atoms with Gasteiger partial charge < -0.3 is 9.47 Å². The number of rotatable bonds is 5. The van der Waals surface area contributed by atoms with Crippen LogP contribution in [0.15, 0.2) is 65.7 Å². The van der Waals surface area contributed by atoms with Crippen molar-refractivity contribution in [2.45, 2.75) is 63.7 Å². The molecule has 1 heterocycles. The molecule has 0 amide bonds. The first-order chi connectivity index (χ1) is 14.7. The number of carbonyl (C=O) groups excluding carboxylic acids is 2. The maximum absolute atomic E-state index is 13.3. The van der Waals surface area contributed by atoms with Gasteiger partial charge in [0.15, 0.2) is 6.04 Å². The Kier molecular flexibility index (Phi) is 5.69. The minimum Gasteiger partial charge on any atom is -0.459 e. The van der Waals surface area contributed by atoms with Gasteiger partial charge in [-0.15, -0.1) is 0 Å². The fraction of sp³-hybridized carbons (Fsp3) is 0.423. The van der Waals surface area contributed by atoms with Crippen LogP contribution in [0.3, 0.4) is 0 Å². The van der Waals surface area contributed by atoms with Gasteiger partial charge in [0, 0.05) is 17.0 Å². The molecule has 1 aliphatic carbocycles. The first-order valence-corrected chi connectivity index (χ1v) is 10.9. The van der Waals surface area contributed by atoms with Crippen molar-refractivity contribution >= 4 is 17.7 Å². The second-order valence-corrected chi connectivity index (χ2v) is 9.51. The van der Waals surface area contributed by atoms with Gasteiger partial charge in [-0.1, -0.05) is 60.7 Å². The second-order valence-electron chi connectivity index (χ2n) is 9.51. The van der Waals surface area contributed by atoms with Crippen LogP contribution in [-0.4, -0.2) is 34.9 Å². The molecule has 5 heteroatoms. The molecule has 2 aromatic carbocycles. The van der Waals surface area contributed by atoms with Crippen molar-refractivity contribution in [3.05, 3.63) is 71.8 Å².